The highest BCUT2D eigenvalue weighted by Gasteiger charge is 2.14. The summed E-state index contributed by atoms with van der Waals surface area (Å²) in [6, 6.07) is 8.50. The van der Waals surface area contributed by atoms with Gasteiger partial charge in [-0.3, -0.25) is 4.79 Å². The van der Waals surface area contributed by atoms with E-state index in [1.165, 1.54) is 0 Å². The number of nitrogens with two attached hydrogens (primary N) is 1. The number of rotatable bonds is 3. The first-order chi connectivity index (χ1) is 9.92. The van der Waals surface area contributed by atoms with Gasteiger partial charge in [-0.25, -0.2) is 0 Å². The average molecular weight is 323 g/mol. The number of amides is 1. The van der Waals surface area contributed by atoms with E-state index in [2.05, 4.69) is 5.32 Å². The van der Waals surface area contributed by atoms with Gasteiger partial charge in [-0.2, -0.15) is 0 Å². The van der Waals surface area contributed by atoms with E-state index < -0.39 is 0 Å². The van der Waals surface area contributed by atoms with Crippen molar-refractivity contribution in [2.75, 3.05) is 11.1 Å². The molecule has 2 aromatic carbocycles. The molecule has 3 N–H and O–H groups in total. The number of aryl methyl sites for hydroxylation is 2. The van der Waals surface area contributed by atoms with Gasteiger partial charge in [-0.05, 0) is 54.8 Å². The van der Waals surface area contributed by atoms with E-state index in [1.54, 1.807) is 18.2 Å². The van der Waals surface area contributed by atoms with Crippen molar-refractivity contribution in [2.24, 2.45) is 0 Å². The van der Waals surface area contributed by atoms with Crippen LogP contribution < -0.4 is 11.1 Å². The average Bonchev–Trinajstić information content (AvgIpc) is 2.43. The number of benzene rings is 2. The molecule has 2 aromatic rings. The number of carbonyl (C=O) groups excluding carboxylic acids is 1. The lowest BCUT2D eigenvalue weighted by molar-refractivity contribution is 0.102. The Bertz CT molecular complexity index is 699. The summed E-state index contributed by atoms with van der Waals surface area (Å²) in [5, 5.41) is 3.73. The maximum Gasteiger partial charge on any atom is 0.257 e. The predicted octanol–water partition coefficient (Wildman–Crippen LogP) is 4.70. The predicted molar refractivity (Wildman–Crippen MR) is 89.4 cm³/mol. The van der Waals surface area contributed by atoms with Crippen LogP contribution in [-0.4, -0.2) is 5.91 Å². The summed E-state index contributed by atoms with van der Waals surface area (Å²) in [5.74, 6) is -0.287. The molecule has 1 amide bonds. The van der Waals surface area contributed by atoms with Crippen molar-refractivity contribution in [3.63, 3.8) is 0 Å². The highest BCUT2D eigenvalue weighted by molar-refractivity contribution is 6.36. The molecular formula is C16H16Cl2N2O. The Balaban J connectivity index is 2.38. The highest BCUT2D eigenvalue weighted by Crippen LogP contribution is 2.27. The van der Waals surface area contributed by atoms with Crippen LogP contribution in [0, 0.1) is 6.92 Å². The monoisotopic (exact) mass is 322 g/mol. The minimum atomic E-state index is -0.287. The van der Waals surface area contributed by atoms with Crippen LogP contribution in [-0.2, 0) is 6.42 Å². The summed E-state index contributed by atoms with van der Waals surface area (Å²) in [5.41, 5.74) is 9.54. The van der Waals surface area contributed by atoms with Gasteiger partial charge in [0, 0.05) is 16.4 Å². The summed E-state index contributed by atoms with van der Waals surface area (Å²) in [6.07, 6.45) is 0.769. The largest absolute Gasteiger partial charge is 0.399 e. The van der Waals surface area contributed by atoms with Crippen LogP contribution in [0.3, 0.4) is 0 Å². The van der Waals surface area contributed by atoms with Crippen LogP contribution >= 0.6 is 23.2 Å². The molecule has 0 saturated heterocycles. The summed E-state index contributed by atoms with van der Waals surface area (Å²) >= 11 is 12.0. The quantitative estimate of drug-likeness (QED) is 0.805. The second-order valence-corrected chi connectivity index (χ2v) is 5.65. The number of hydrogen-bond donors (Lipinski definition) is 2. The van der Waals surface area contributed by atoms with E-state index in [1.807, 2.05) is 26.0 Å². The van der Waals surface area contributed by atoms with E-state index in [0.717, 1.165) is 23.2 Å². The Labute approximate surface area is 134 Å². The van der Waals surface area contributed by atoms with E-state index in [0.29, 0.717) is 21.3 Å². The van der Waals surface area contributed by atoms with E-state index >= 15 is 0 Å². The molecule has 0 saturated carbocycles. The third-order valence-electron chi connectivity index (χ3n) is 3.23. The van der Waals surface area contributed by atoms with Gasteiger partial charge >= 0.3 is 0 Å². The van der Waals surface area contributed by atoms with Crippen LogP contribution in [0.15, 0.2) is 30.3 Å². The normalized spacial score (nSPS) is 10.5. The standard InChI is InChI=1S/C16H16Cl2N2O/c1-3-10-7-12(19)6-9(2)15(10)20-16(21)13-8-11(17)4-5-14(13)18/h4-8H,3,19H2,1-2H3,(H,20,21). The molecule has 0 aromatic heterocycles. The zero-order valence-corrected chi connectivity index (χ0v) is 13.3. The molecule has 0 fully saturated rings. The Kier molecular flexibility index (Phi) is 4.76. The molecule has 0 aliphatic heterocycles. The Hall–Kier alpha value is -1.71. The minimum absolute atomic E-state index is 0.287. The van der Waals surface area contributed by atoms with Crippen molar-refractivity contribution in [3.8, 4) is 0 Å². The molecular weight excluding hydrogens is 307 g/mol. The molecule has 0 atom stereocenters. The lowest BCUT2D eigenvalue weighted by Crippen LogP contribution is -2.15. The van der Waals surface area contributed by atoms with Gasteiger partial charge in [0.2, 0.25) is 0 Å². The van der Waals surface area contributed by atoms with E-state index in [-0.39, 0.29) is 5.91 Å². The van der Waals surface area contributed by atoms with Gasteiger partial charge in [0.05, 0.1) is 10.6 Å². The van der Waals surface area contributed by atoms with Crippen LogP contribution in [0.4, 0.5) is 11.4 Å². The number of halogens is 2. The van der Waals surface area contributed by atoms with Gasteiger partial charge in [-0.15, -0.1) is 0 Å². The molecule has 0 spiro atoms. The Morgan fingerprint density at radius 1 is 1.24 bits per heavy atom. The topological polar surface area (TPSA) is 55.1 Å². The molecule has 0 aliphatic rings. The third-order valence-corrected chi connectivity index (χ3v) is 3.80. The number of nitrogen functional groups attached to an aromatic ring is 1. The fourth-order valence-electron chi connectivity index (χ4n) is 2.20. The van der Waals surface area contributed by atoms with Crippen molar-refractivity contribution < 1.29 is 4.79 Å². The lowest BCUT2D eigenvalue weighted by atomic mass is 10.0. The fraction of sp³-hybridized carbons (Fsp3) is 0.188. The summed E-state index contributed by atoms with van der Waals surface area (Å²) in [6.45, 7) is 3.92. The first kappa shape index (κ1) is 15.7. The Morgan fingerprint density at radius 3 is 2.62 bits per heavy atom. The number of carbonyl (C=O) groups is 1. The molecule has 3 nitrogen and oxygen atoms in total. The SMILES string of the molecule is CCc1cc(N)cc(C)c1NC(=O)c1cc(Cl)ccc1Cl. The van der Waals surface area contributed by atoms with Crippen LogP contribution in [0.1, 0.15) is 28.4 Å². The molecule has 110 valence electrons. The molecule has 0 unspecified atom stereocenters. The van der Waals surface area contributed by atoms with Crippen molar-refractivity contribution in [3.05, 3.63) is 57.1 Å². The first-order valence-corrected chi connectivity index (χ1v) is 7.33. The molecule has 5 heteroatoms. The number of hydrogen-bond acceptors (Lipinski definition) is 2. The molecule has 21 heavy (non-hydrogen) atoms. The highest BCUT2D eigenvalue weighted by atomic mass is 35.5. The maximum atomic E-state index is 12.4. The zero-order valence-electron chi connectivity index (χ0n) is 11.8. The second-order valence-electron chi connectivity index (χ2n) is 4.80. The second kappa shape index (κ2) is 6.37. The Morgan fingerprint density at radius 2 is 1.95 bits per heavy atom. The first-order valence-electron chi connectivity index (χ1n) is 6.57. The van der Waals surface area contributed by atoms with Crippen LogP contribution in [0.25, 0.3) is 0 Å². The minimum Gasteiger partial charge on any atom is -0.399 e. The summed E-state index contributed by atoms with van der Waals surface area (Å²) in [7, 11) is 0. The van der Waals surface area contributed by atoms with Crippen molar-refractivity contribution >= 4 is 40.5 Å². The number of anilines is 2. The van der Waals surface area contributed by atoms with Gasteiger partial charge in [-0.1, -0.05) is 30.1 Å². The third kappa shape index (κ3) is 3.49. The summed E-state index contributed by atoms with van der Waals surface area (Å²) < 4.78 is 0. The number of nitrogens with one attached hydrogen (secondary N) is 1. The molecule has 0 heterocycles. The smallest absolute Gasteiger partial charge is 0.257 e. The van der Waals surface area contributed by atoms with Crippen molar-refractivity contribution in [2.45, 2.75) is 20.3 Å². The molecule has 0 aliphatic carbocycles. The van der Waals surface area contributed by atoms with Gasteiger partial charge in [0.1, 0.15) is 0 Å². The van der Waals surface area contributed by atoms with Gasteiger partial charge in [0.15, 0.2) is 0 Å². The molecule has 0 bridgehead atoms. The van der Waals surface area contributed by atoms with Crippen molar-refractivity contribution in [1.82, 2.24) is 0 Å². The molecule has 0 radical (unpaired) electrons. The van der Waals surface area contributed by atoms with Crippen LogP contribution in [0.5, 0.6) is 0 Å². The van der Waals surface area contributed by atoms with Gasteiger partial charge < -0.3 is 11.1 Å². The van der Waals surface area contributed by atoms with Gasteiger partial charge in [0.25, 0.3) is 5.91 Å². The maximum absolute atomic E-state index is 12.4. The summed E-state index contributed by atoms with van der Waals surface area (Å²) in [4.78, 5) is 12.4. The van der Waals surface area contributed by atoms with Crippen molar-refractivity contribution in [1.29, 1.82) is 0 Å². The lowest BCUT2D eigenvalue weighted by Gasteiger charge is -2.15. The van der Waals surface area contributed by atoms with E-state index in [9.17, 15) is 4.79 Å². The van der Waals surface area contributed by atoms with Crippen LogP contribution in [0.2, 0.25) is 10.0 Å². The fourth-order valence-corrected chi connectivity index (χ4v) is 2.58. The van der Waals surface area contributed by atoms with E-state index in [4.69, 9.17) is 28.9 Å². The zero-order chi connectivity index (χ0) is 15.6. The molecule has 2 rings (SSSR count).